The fourth-order valence-electron chi connectivity index (χ4n) is 1.29. The molecule has 2 atom stereocenters. The van der Waals surface area contributed by atoms with E-state index in [0.717, 1.165) is 19.3 Å². The van der Waals surface area contributed by atoms with Crippen LogP contribution in [0.15, 0.2) is 5.18 Å². The lowest BCUT2D eigenvalue weighted by atomic mass is 10.1. The van der Waals surface area contributed by atoms with Gasteiger partial charge in [-0.25, -0.2) is 0 Å². The lowest BCUT2D eigenvalue weighted by molar-refractivity contribution is 0.562. The highest BCUT2D eigenvalue weighted by Crippen LogP contribution is 2.29. The Bertz CT molecular complexity index is 107. The molecule has 1 aliphatic rings. The molecule has 0 aromatic carbocycles. The molecule has 1 saturated carbocycles. The Morgan fingerprint density at radius 2 is 2.33 bits per heavy atom. The van der Waals surface area contributed by atoms with Gasteiger partial charge in [0.15, 0.2) is 0 Å². The van der Waals surface area contributed by atoms with Crippen LogP contribution in [0, 0.1) is 10.8 Å². The second-order valence-corrected chi connectivity index (χ2v) is 3.21. The second-order valence-electron chi connectivity index (χ2n) is 2.59. The van der Waals surface area contributed by atoms with Gasteiger partial charge in [0.25, 0.3) is 0 Å². The SMILES string of the molecule is O=NC[C@H]1CC[C@@H](Cl)C1. The molecule has 0 radical (unpaired) electrons. The van der Waals surface area contributed by atoms with Gasteiger partial charge in [0.1, 0.15) is 0 Å². The van der Waals surface area contributed by atoms with Gasteiger partial charge in [-0.1, -0.05) is 5.18 Å². The molecule has 0 spiro atoms. The molecule has 0 bridgehead atoms. The summed E-state index contributed by atoms with van der Waals surface area (Å²) in [7, 11) is 0. The van der Waals surface area contributed by atoms with Crippen LogP contribution in [0.2, 0.25) is 0 Å². The minimum atomic E-state index is 0.303. The van der Waals surface area contributed by atoms with Crippen molar-refractivity contribution in [2.45, 2.75) is 24.6 Å². The minimum Gasteiger partial charge on any atom is -0.151 e. The van der Waals surface area contributed by atoms with Crippen LogP contribution in [-0.4, -0.2) is 11.9 Å². The highest BCUT2D eigenvalue weighted by molar-refractivity contribution is 6.20. The van der Waals surface area contributed by atoms with Crippen molar-refractivity contribution in [3.05, 3.63) is 4.91 Å². The summed E-state index contributed by atoms with van der Waals surface area (Å²) in [6.07, 6.45) is 3.12. The molecule has 0 heterocycles. The first kappa shape index (κ1) is 7.00. The number of rotatable bonds is 2. The fourth-order valence-corrected chi connectivity index (χ4v) is 1.66. The molecule has 52 valence electrons. The molecule has 1 aliphatic carbocycles. The van der Waals surface area contributed by atoms with Crippen molar-refractivity contribution >= 4 is 11.6 Å². The molecule has 0 unspecified atom stereocenters. The molecule has 3 heteroatoms. The maximum absolute atomic E-state index is 9.77. The van der Waals surface area contributed by atoms with Crippen LogP contribution in [0.5, 0.6) is 0 Å². The molecule has 1 fully saturated rings. The Labute approximate surface area is 59.6 Å². The molecular formula is C6H10ClNO. The molecule has 0 amide bonds. The van der Waals surface area contributed by atoms with E-state index < -0.39 is 0 Å². The number of nitrogens with zero attached hydrogens (tertiary/aromatic N) is 1. The van der Waals surface area contributed by atoms with Gasteiger partial charge >= 0.3 is 0 Å². The van der Waals surface area contributed by atoms with Crippen LogP contribution in [0.3, 0.4) is 0 Å². The molecule has 0 aromatic rings. The summed E-state index contributed by atoms with van der Waals surface area (Å²) in [5.41, 5.74) is 0. The van der Waals surface area contributed by atoms with E-state index in [1.807, 2.05) is 0 Å². The third-order valence-corrected chi connectivity index (χ3v) is 2.21. The minimum absolute atomic E-state index is 0.303. The Morgan fingerprint density at radius 3 is 2.78 bits per heavy atom. The van der Waals surface area contributed by atoms with E-state index in [4.69, 9.17) is 11.6 Å². The topological polar surface area (TPSA) is 29.4 Å². The van der Waals surface area contributed by atoms with E-state index >= 15 is 0 Å². The second kappa shape index (κ2) is 3.16. The first-order valence-corrected chi connectivity index (χ1v) is 3.69. The number of hydrogen-bond donors (Lipinski definition) is 0. The summed E-state index contributed by atoms with van der Waals surface area (Å²) < 4.78 is 0. The highest BCUT2D eigenvalue weighted by Gasteiger charge is 2.22. The van der Waals surface area contributed by atoms with Crippen LogP contribution < -0.4 is 0 Å². The lowest BCUT2D eigenvalue weighted by Gasteiger charge is -1.99. The molecule has 9 heavy (non-hydrogen) atoms. The van der Waals surface area contributed by atoms with Crippen molar-refractivity contribution in [2.75, 3.05) is 6.54 Å². The summed E-state index contributed by atoms with van der Waals surface area (Å²) in [6, 6.07) is 0. The van der Waals surface area contributed by atoms with E-state index in [-0.39, 0.29) is 0 Å². The van der Waals surface area contributed by atoms with Crippen molar-refractivity contribution in [1.82, 2.24) is 0 Å². The van der Waals surface area contributed by atoms with Gasteiger partial charge in [0.2, 0.25) is 0 Å². The predicted molar refractivity (Wildman–Crippen MR) is 37.6 cm³/mol. The smallest absolute Gasteiger partial charge is 0.0839 e. The molecule has 0 saturated heterocycles. The summed E-state index contributed by atoms with van der Waals surface area (Å²) in [5, 5.41) is 3.15. The van der Waals surface area contributed by atoms with Gasteiger partial charge in [-0.3, -0.25) is 0 Å². The van der Waals surface area contributed by atoms with Gasteiger partial charge in [-0.2, -0.15) is 4.91 Å². The van der Waals surface area contributed by atoms with E-state index in [2.05, 4.69) is 5.18 Å². The standard InChI is InChI=1S/C6H10ClNO/c7-6-2-1-5(3-6)4-8-9/h5-6H,1-4H2/t5-,6+/m0/s1. The summed E-state index contributed by atoms with van der Waals surface area (Å²) in [6.45, 7) is 0.462. The Hall–Kier alpha value is -0.110. The van der Waals surface area contributed by atoms with E-state index in [9.17, 15) is 4.91 Å². The van der Waals surface area contributed by atoms with Crippen LogP contribution in [-0.2, 0) is 0 Å². The first-order chi connectivity index (χ1) is 4.33. The molecule has 0 aromatic heterocycles. The quantitative estimate of drug-likeness (QED) is 0.435. The third kappa shape index (κ3) is 1.94. The zero-order valence-electron chi connectivity index (χ0n) is 5.22. The van der Waals surface area contributed by atoms with Gasteiger partial charge in [-0.05, 0) is 25.2 Å². The Morgan fingerprint density at radius 1 is 1.56 bits per heavy atom. The Balaban J connectivity index is 2.21. The van der Waals surface area contributed by atoms with E-state index in [1.54, 1.807) is 0 Å². The predicted octanol–water partition coefficient (Wildman–Crippen LogP) is 2.16. The fraction of sp³-hybridized carbons (Fsp3) is 1.00. The monoisotopic (exact) mass is 147 g/mol. The van der Waals surface area contributed by atoms with Crippen molar-refractivity contribution in [3.8, 4) is 0 Å². The van der Waals surface area contributed by atoms with Gasteiger partial charge in [-0.15, -0.1) is 11.6 Å². The molecule has 2 nitrogen and oxygen atoms in total. The maximum atomic E-state index is 9.77. The Kier molecular flexibility index (Phi) is 2.46. The third-order valence-electron chi connectivity index (χ3n) is 1.81. The number of alkyl halides is 1. The zero-order chi connectivity index (χ0) is 6.69. The first-order valence-electron chi connectivity index (χ1n) is 3.26. The largest absolute Gasteiger partial charge is 0.151 e. The van der Waals surface area contributed by atoms with Crippen molar-refractivity contribution < 1.29 is 0 Å². The molecular weight excluding hydrogens is 138 g/mol. The van der Waals surface area contributed by atoms with Gasteiger partial charge < -0.3 is 0 Å². The maximum Gasteiger partial charge on any atom is 0.0839 e. The van der Waals surface area contributed by atoms with Crippen LogP contribution in [0.4, 0.5) is 0 Å². The summed E-state index contributed by atoms with van der Waals surface area (Å²) in [4.78, 5) is 9.77. The zero-order valence-corrected chi connectivity index (χ0v) is 5.97. The van der Waals surface area contributed by atoms with E-state index in [0.29, 0.717) is 17.8 Å². The van der Waals surface area contributed by atoms with Gasteiger partial charge in [0, 0.05) is 5.38 Å². The van der Waals surface area contributed by atoms with Crippen LogP contribution in [0.25, 0.3) is 0 Å². The van der Waals surface area contributed by atoms with Crippen molar-refractivity contribution in [3.63, 3.8) is 0 Å². The number of nitroso groups, excluding NO2 is 1. The summed E-state index contributed by atoms with van der Waals surface area (Å²) in [5.74, 6) is 0.477. The average molecular weight is 148 g/mol. The molecule has 0 aliphatic heterocycles. The van der Waals surface area contributed by atoms with Crippen molar-refractivity contribution in [2.24, 2.45) is 11.1 Å². The average Bonchev–Trinajstić information content (AvgIpc) is 2.17. The highest BCUT2D eigenvalue weighted by atomic mass is 35.5. The molecule has 0 N–H and O–H groups in total. The van der Waals surface area contributed by atoms with Crippen LogP contribution in [0.1, 0.15) is 19.3 Å². The summed E-state index contributed by atoms with van der Waals surface area (Å²) >= 11 is 5.80. The molecule has 1 rings (SSSR count). The van der Waals surface area contributed by atoms with Crippen LogP contribution >= 0.6 is 11.6 Å². The van der Waals surface area contributed by atoms with E-state index in [1.165, 1.54) is 0 Å². The number of hydrogen-bond acceptors (Lipinski definition) is 2. The number of halogens is 1. The lowest BCUT2D eigenvalue weighted by Crippen LogP contribution is -1.98. The van der Waals surface area contributed by atoms with Gasteiger partial charge in [0.05, 0.1) is 6.54 Å². The van der Waals surface area contributed by atoms with Crippen molar-refractivity contribution in [1.29, 1.82) is 0 Å². The normalized spacial score (nSPS) is 34.8.